The average molecular weight is 296 g/mol. The lowest BCUT2D eigenvalue weighted by molar-refractivity contribution is 0.765. The second-order valence-electron chi connectivity index (χ2n) is 4.44. The van der Waals surface area contributed by atoms with Crippen LogP contribution < -0.4 is 10.9 Å². The molecular weight excluding hydrogens is 285 g/mol. The Morgan fingerprint density at radius 3 is 3.00 bits per heavy atom. The molecule has 2 unspecified atom stereocenters. The van der Waals surface area contributed by atoms with Gasteiger partial charge < -0.3 is 10.3 Å². The van der Waals surface area contributed by atoms with Crippen molar-refractivity contribution in [2.45, 2.75) is 17.8 Å². The molecule has 0 fully saturated rings. The molecule has 4 nitrogen and oxygen atoms in total. The first-order valence-electron chi connectivity index (χ1n) is 5.88. The van der Waals surface area contributed by atoms with Gasteiger partial charge in [0.25, 0.3) is 5.56 Å². The Morgan fingerprint density at radius 2 is 2.16 bits per heavy atom. The molecule has 98 valence electrons. The van der Waals surface area contributed by atoms with Crippen molar-refractivity contribution in [1.29, 1.82) is 0 Å². The van der Waals surface area contributed by atoms with Gasteiger partial charge in [0.2, 0.25) is 0 Å². The highest BCUT2D eigenvalue weighted by molar-refractivity contribution is 6.32. The van der Waals surface area contributed by atoms with Crippen LogP contribution in [-0.2, 0) is 6.42 Å². The Balaban J connectivity index is 1.96. The molecule has 2 atom stereocenters. The summed E-state index contributed by atoms with van der Waals surface area (Å²) in [5.74, 6) is 0.359. The molecule has 19 heavy (non-hydrogen) atoms. The number of alkyl halides is 1. The van der Waals surface area contributed by atoms with Gasteiger partial charge in [0.15, 0.2) is 5.82 Å². The molecule has 0 saturated carbocycles. The smallest absolute Gasteiger partial charge is 0.271 e. The summed E-state index contributed by atoms with van der Waals surface area (Å²) in [5, 5.41) is 3.12. The van der Waals surface area contributed by atoms with Crippen molar-refractivity contribution in [1.82, 2.24) is 9.97 Å². The SMILES string of the molecule is O=c1[nH]cnc(NC2c3ccccc3CC2Cl)c1Cl. The van der Waals surface area contributed by atoms with Crippen molar-refractivity contribution in [2.24, 2.45) is 0 Å². The van der Waals surface area contributed by atoms with Crippen molar-refractivity contribution in [3.05, 3.63) is 57.1 Å². The zero-order valence-corrected chi connectivity index (χ0v) is 11.4. The zero-order chi connectivity index (χ0) is 13.4. The van der Waals surface area contributed by atoms with Crippen molar-refractivity contribution >= 4 is 29.0 Å². The minimum atomic E-state index is -0.364. The summed E-state index contributed by atoms with van der Waals surface area (Å²) >= 11 is 12.3. The molecule has 0 aliphatic heterocycles. The summed E-state index contributed by atoms with van der Waals surface area (Å²) in [6.45, 7) is 0. The minimum absolute atomic E-state index is 0.0516. The summed E-state index contributed by atoms with van der Waals surface area (Å²) < 4.78 is 0. The topological polar surface area (TPSA) is 57.8 Å². The monoisotopic (exact) mass is 295 g/mol. The Labute approximate surface area is 119 Å². The van der Waals surface area contributed by atoms with Crippen LogP contribution >= 0.6 is 23.2 Å². The molecule has 0 amide bonds. The fourth-order valence-electron chi connectivity index (χ4n) is 2.35. The number of anilines is 1. The third-order valence-electron chi connectivity index (χ3n) is 3.26. The summed E-state index contributed by atoms with van der Waals surface area (Å²) in [4.78, 5) is 17.9. The van der Waals surface area contributed by atoms with E-state index in [1.807, 2.05) is 18.2 Å². The molecular formula is C13H11Cl2N3O. The fourth-order valence-corrected chi connectivity index (χ4v) is 2.87. The molecule has 0 bridgehead atoms. The molecule has 2 N–H and O–H groups in total. The van der Waals surface area contributed by atoms with E-state index >= 15 is 0 Å². The molecule has 1 aliphatic rings. The van der Waals surface area contributed by atoms with Crippen LogP contribution in [-0.4, -0.2) is 15.3 Å². The van der Waals surface area contributed by atoms with E-state index in [2.05, 4.69) is 21.4 Å². The number of halogens is 2. The number of hydrogen-bond donors (Lipinski definition) is 2. The first kappa shape index (κ1) is 12.5. The molecule has 0 saturated heterocycles. The summed E-state index contributed by atoms with van der Waals surface area (Å²) in [6, 6.07) is 7.94. The highest BCUT2D eigenvalue weighted by Crippen LogP contribution is 2.37. The van der Waals surface area contributed by atoms with Gasteiger partial charge >= 0.3 is 0 Å². The third kappa shape index (κ3) is 2.22. The third-order valence-corrected chi connectivity index (χ3v) is 4.01. The molecule has 0 radical (unpaired) electrons. The van der Waals surface area contributed by atoms with Crippen molar-refractivity contribution in [3.8, 4) is 0 Å². The lowest BCUT2D eigenvalue weighted by Gasteiger charge is -2.18. The van der Waals surface area contributed by atoms with E-state index in [1.54, 1.807) is 0 Å². The summed E-state index contributed by atoms with van der Waals surface area (Å²) in [5.41, 5.74) is 1.97. The number of aromatic nitrogens is 2. The van der Waals surface area contributed by atoms with Crippen LogP contribution in [0, 0.1) is 0 Å². The molecule has 0 spiro atoms. The van der Waals surface area contributed by atoms with Gasteiger partial charge in [-0.1, -0.05) is 35.9 Å². The van der Waals surface area contributed by atoms with Gasteiger partial charge in [0.05, 0.1) is 17.7 Å². The Bertz CT molecular complexity index is 671. The predicted molar refractivity (Wildman–Crippen MR) is 76.0 cm³/mol. The second kappa shape index (κ2) is 4.87. The van der Waals surface area contributed by atoms with E-state index < -0.39 is 0 Å². The van der Waals surface area contributed by atoms with Crippen molar-refractivity contribution < 1.29 is 0 Å². The van der Waals surface area contributed by atoms with E-state index in [9.17, 15) is 4.79 Å². The van der Waals surface area contributed by atoms with Crippen LogP contribution in [0.5, 0.6) is 0 Å². The summed E-state index contributed by atoms with van der Waals surface area (Å²) in [6.07, 6.45) is 2.11. The number of aromatic amines is 1. The maximum atomic E-state index is 11.4. The maximum absolute atomic E-state index is 11.4. The molecule has 2 aromatic rings. The molecule has 1 aromatic carbocycles. The van der Waals surface area contributed by atoms with Crippen LogP contribution in [0.1, 0.15) is 17.2 Å². The lowest BCUT2D eigenvalue weighted by atomic mass is 10.1. The molecule has 6 heteroatoms. The number of benzene rings is 1. The van der Waals surface area contributed by atoms with Crippen LogP contribution in [0.4, 0.5) is 5.82 Å². The first-order valence-corrected chi connectivity index (χ1v) is 6.70. The standard InChI is InChI=1S/C13H11Cl2N3O/c14-9-5-7-3-1-2-4-8(7)11(9)18-12-10(15)13(19)17-6-16-12/h1-4,6,9,11H,5H2,(H2,16,17,18,19). The van der Waals surface area contributed by atoms with Gasteiger partial charge in [0.1, 0.15) is 5.02 Å². The van der Waals surface area contributed by atoms with Crippen LogP contribution in [0.2, 0.25) is 5.02 Å². The number of nitrogens with one attached hydrogen (secondary N) is 2. The Morgan fingerprint density at radius 1 is 1.37 bits per heavy atom. The molecule has 1 aliphatic carbocycles. The number of rotatable bonds is 2. The van der Waals surface area contributed by atoms with Crippen LogP contribution in [0.15, 0.2) is 35.4 Å². The number of H-pyrrole nitrogens is 1. The van der Waals surface area contributed by atoms with Crippen LogP contribution in [0.25, 0.3) is 0 Å². The number of hydrogen-bond acceptors (Lipinski definition) is 3. The molecule has 1 aromatic heterocycles. The first-order chi connectivity index (χ1) is 9.16. The van der Waals surface area contributed by atoms with E-state index in [0.29, 0.717) is 5.82 Å². The van der Waals surface area contributed by atoms with Crippen molar-refractivity contribution in [2.75, 3.05) is 5.32 Å². The van der Waals surface area contributed by atoms with E-state index in [-0.39, 0.29) is 22.0 Å². The Hall–Kier alpha value is -1.52. The fraction of sp³-hybridized carbons (Fsp3) is 0.231. The lowest BCUT2D eigenvalue weighted by Crippen LogP contribution is -2.20. The largest absolute Gasteiger partial charge is 0.360 e. The normalized spacial score (nSPS) is 21.2. The minimum Gasteiger partial charge on any atom is -0.360 e. The van der Waals surface area contributed by atoms with Crippen LogP contribution in [0.3, 0.4) is 0 Å². The van der Waals surface area contributed by atoms with Crippen molar-refractivity contribution in [3.63, 3.8) is 0 Å². The average Bonchev–Trinajstić information content (AvgIpc) is 2.72. The summed E-state index contributed by atoms with van der Waals surface area (Å²) in [7, 11) is 0. The highest BCUT2D eigenvalue weighted by atomic mass is 35.5. The van der Waals surface area contributed by atoms with E-state index in [1.165, 1.54) is 11.9 Å². The van der Waals surface area contributed by atoms with Gasteiger partial charge in [-0.25, -0.2) is 4.98 Å². The maximum Gasteiger partial charge on any atom is 0.271 e. The predicted octanol–water partition coefficient (Wildman–Crippen LogP) is 2.74. The zero-order valence-electron chi connectivity index (χ0n) is 9.86. The van der Waals surface area contributed by atoms with Gasteiger partial charge in [-0.15, -0.1) is 11.6 Å². The van der Waals surface area contributed by atoms with E-state index in [0.717, 1.165) is 12.0 Å². The van der Waals surface area contributed by atoms with Gasteiger partial charge in [-0.2, -0.15) is 0 Å². The number of nitrogens with zero attached hydrogens (tertiary/aromatic N) is 1. The number of fused-ring (bicyclic) bond motifs is 1. The second-order valence-corrected chi connectivity index (χ2v) is 5.37. The molecule has 3 rings (SSSR count). The quantitative estimate of drug-likeness (QED) is 0.838. The van der Waals surface area contributed by atoms with Gasteiger partial charge in [-0.05, 0) is 17.5 Å². The highest BCUT2D eigenvalue weighted by Gasteiger charge is 2.31. The molecule has 1 heterocycles. The Kier molecular flexibility index (Phi) is 3.21. The van der Waals surface area contributed by atoms with Gasteiger partial charge in [-0.3, -0.25) is 4.79 Å². The van der Waals surface area contributed by atoms with Gasteiger partial charge in [0, 0.05) is 0 Å². The van der Waals surface area contributed by atoms with E-state index in [4.69, 9.17) is 23.2 Å².